The Labute approximate surface area is 209 Å². The molecule has 2 aliphatic rings. The normalized spacial score (nSPS) is 15.8. The van der Waals surface area contributed by atoms with Crippen LogP contribution in [0.2, 0.25) is 0 Å². The van der Waals surface area contributed by atoms with Gasteiger partial charge in [0.1, 0.15) is 5.69 Å². The fraction of sp³-hybridized carbons (Fsp3) is 0.348. The number of alkyl halides is 3. The molecular weight excluding hydrogens is 493 g/mol. The van der Waals surface area contributed by atoms with Gasteiger partial charge in [-0.2, -0.15) is 23.3 Å². The molecule has 1 amide bonds. The summed E-state index contributed by atoms with van der Waals surface area (Å²) in [7, 11) is 3.66. The van der Waals surface area contributed by atoms with Crippen LogP contribution in [0.3, 0.4) is 0 Å². The van der Waals surface area contributed by atoms with Crippen molar-refractivity contribution in [1.82, 2.24) is 25.1 Å². The molecule has 0 saturated carbocycles. The van der Waals surface area contributed by atoms with E-state index in [2.05, 4.69) is 20.7 Å². The standard InChI is InChI=1S/C21H24N8O.C2HF3O2/c1-27-17-6-4-3-5-16(17)20(30)28(2)18-12-23-21(26-19(18)27)25-14-11-24-29(13-14)15-7-9-22-10-8-15;3-2(4,5)1(6)7/h3-6,11-13,15,22H,7-10H2,1-2H3,(H,23,25,26);(H,6,7). The lowest BCUT2D eigenvalue weighted by Crippen LogP contribution is -2.29. The molecule has 11 nitrogen and oxygen atoms in total. The summed E-state index contributed by atoms with van der Waals surface area (Å²) in [4.78, 5) is 34.5. The highest BCUT2D eigenvalue weighted by Gasteiger charge is 2.38. The molecule has 4 heterocycles. The highest BCUT2D eigenvalue weighted by atomic mass is 19.4. The summed E-state index contributed by atoms with van der Waals surface area (Å²) in [6, 6.07) is 7.96. The van der Waals surface area contributed by atoms with Crippen LogP contribution in [0.25, 0.3) is 0 Å². The predicted molar refractivity (Wildman–Crippen MR) is 130 cm³/mol. The van der Waals surface area contributed by atoms with Crippen LogP contribution in [0.1, 0.15) is 29.2 Å². The van der Waals surface area contributed by atoms with Crippen molar-refractivity contribution < 1.29 is 27.9 Å². The minimum atomic E-state index is -5.08. The zero-order valence-corrected chi connectivity index (χ0v) is 20.0. The Hall–Kier alpha value is -4.20. The number of halogens is 3. The van der Waals surface area contributed by atoms with Gasteiger partial charge in [0.15, 0.2) is 5.82 Å². The first-order valence-electron chi connectivity index (χ1n) is 11.4. The number of nitrogens with zero attached hydrogens (tertiary/aromatic N) is 6. The van der Waals surface area contributed by atoms with Crippen molar-refractivity contribution in [2.75, 3.05) is 42.3 Å². The number of carboxylic acids is 1. The number of fused-ring (bicyclic) bond motifs is 2. The van der Waals surface area contributed by atoms with E-state index in [1.807, 2.05) is 47.1 Å². The van der Waals surface area contributed by atoms with E-state index in [-0.39, 0.29) is 5.91 Å². The number of nitrogens with one attached hydrogen (secondary N) is 2. The molecule has 5 rings (SSSR count). The molecule has 3 aromatic rings. The van der Waals surface area contributed by atoms with Gasteiger partial charge >= 0.3 is 12.1 Å². The number of hydrogen-bond donors (Lipinski definition) is 3. The van der Waals surface area contributed by atoms with Gasteiger partial charge < -0.3 is 25.5 Å². The Morgan fingerprint density at radius 3 is 2.46 bits per heavy atom. The molecule has 3 N–H and O–H groups in total. The summed E-state index contributed by atoms with van der Waals surface area (Å²) >= 11 is 0. The Morgan fingerprint density at radius 2 is 1.78 bits per heavy atom. The Balaban J connectivity index is 0.000000405. The second-order valence-corrected chi connectivity index (χ2v) is 8.46. The van der Waals surface area contributed by atoms with E-state index >= 15 is 0 Å². The summed E-state index contributed by atoms with van der Waals surface area (Å²) < 4.78 is 33.8. The largest absolute Gasteiger partial charge is 0.490 e. The maximum absolute atomic E-state index is 12.9. The van der Waals surface area contributed by atoms with Crippen LogP contribution in [0.4, 0.5) is 42.0 Å². The summed E-state index contributed by atoms with van der Waals surface area (Å²) in [5.41, 5.74) is 2.96. The van der Waals surface area contributed by atoms with E-state index in [0.29, 0.717) is 29.1 Å². The van der Waals surface area contributed by atoms with E-state index in [1.165, 1.54) is 0 Å². The molecule has 37 heavy (non-hydrogen) atoms. The van der Waals surface area contributed by atoms with Gasteiger partial charge in [0.25, 0.3) is 5.91 Å². The van der Waals surface area contributed by atoms with E-state index in [0.717, 1.165) is 37.3 Å². The van der Waals surface area contributed by atoms with Gasteiger partial charge in [-0.05, 0) is 38.1 Å². The van der Waals surface area contributed by atoms with Crippen molar-refractivity contribution in [2.45, 2.75) is 25.1 Å². The monoisotopic (exact) mass is 518 g/mol. The second kappa shape index (κ2) is 10.4. The highest BCUT2D eigenvalue weighted by Crippen LogP contribution is 2.38. The number of hydrogen-bond acceptors (Lipinski definition) is 8. The number of rotatable bonds is 3. The Bertz CT molecular complexity index is 1290. The summed E-state index contributed by atoms with van der Waals surface area (Å²) in [6.45, 7) is 2.03. The van der Waals surface area contributed by atoms with Gasteiger partial charge in [-0.1, -0.05) is 12.1 Å². The van der Waals surface area contributed by atoms with Crippen molar-refractivity contribution in [3.8, 4) is 0 Å². The molecule has 0 radical (unpaired) electrons. The van der Waals surface area contributed by atoms with Crippen LogP contribution in [0.5, 0.6) is 0 Å². The smallest absolute Gasteiger partial charge is 0.475 e. The molecule has 14 heteroatoms. The molecule has 0 aliphatic carbocycles. The zero-order valence-electron chi connectivity index (χ0n) is 20.0. The number of para-hydroxylation sites is 1. The minimum Gasteiger partial charge on any atom is -0.475 e. The maximum atomic E-state index is 12.9. The quantitative estimate of drug-likeness (QED) is 0.478. The number of carbonyl (C=O) groups excluding carboxylic acids is 1. The number of carbonyl (C=O) groups is 2. The first-order valence-corrected chi connectivity index (χ1v) is 11.4. The molecule has 1 aromatic carbocycles. The molecular formula is C23H25F3N8O3. The summed E-state index contributed by atoms with van der Waals surface area (Å²) in [6.07, 6.45) is 2.54. The fourth-order valence-corrected chi connectivity index (χ4v) is 4.06. The molecule has 2 aromatic heterocycles. The third kappa shape index (κ3) is 5.63. The maximum Gasteiger partial charge on any atom is 0.490 e. The van der Waals surface area contributed by atoms with Gasteiger partial charge in [-0.3, -0.25) is 9.48 Å². The van der Waals surface area contributed by atoms with Crippen molar-refractivity contribution >= 4 is 40.7 Å². The summed E-state index contributed by atoms with van der Waals surface area (Å²) in [5.74, 6) is -1.71. The van der Waals surface area contributed by atoms with Crippen molar-refractivity contribution in [3.63, 3.8) is 0 Å². The third-order valence-electron chi connectivity index (χ3n) is 6.01. The van der Waals surface area contributed by atoms with Crippen LogP contribution in [0, 0.1) is 0 Å². The number of anilines is 5. The van der Waals surface area contributed by atoms with Crippen LogP contribution >= 0.6 is 0 Å². The topological polar surface area (TPSA) is 129 Å². The fourth-order valence-electron chi connectivity index (χ4n) is 4.06. The predicted octanol–water partition coefficient (Wildman–Crippen LogP) is 3.33. The Morgan fingerprint density at radius 1 is 1.11 bits per heavy atom. The minimum absolute atomic E-state index is 0.0799. The second-order valence-electron chi connectivity index (χ2n) is 8.46. The lowest BCUT2D eigenvalue weighted by molar-refractivity contribution is -0.192. The van der Waals surface area contributed by atoms with Crippen molar-refractivity contribution in [2.24, 2.45) is 0 Å². The average molecular weight is 519 g/mol. The number of carboxylic acid groups (broad SMARTS) is 1. The van der Waals surface area contributed by atoms with Crippen LogP contribution < -0.4 is 20.4 Å². The SMILES string of the molecule is CN1C(=O)c2ccccc2N(C)c2nc(Nc3cnn(C4CCNCC4)c3)ncc21.O=C(O)C(F)(F)F. The highest BCUT2D eigenvalue weighted by molar-refractivity contribution is 6.13. The van der Waals surface area contributed by atoms with Crippen molar-refractivity contribution in [3.05, 3.63) is 48.4 Å². The van der Waals surface area contributed by atoms with Crippen molar-refractivity contribution in [1.29, 1.82) is 0 Å². The van der Waals surface area contributed by atoms with Gasteiger partial charge in [0.2, 0.25) is 5.95 Å². The molecule has 1 saturated heterocycles. The molecule has 2 aliphatic heterocycles. The number of piperidine rings is 1. The molecule has 1 fully saturated rings. The first kappa shape index (κ1) is 25.9. The van der Waals surface area contributed by atoms with Crippen LogP contribution in [-0.2, 0) is 4.79 Å². The lowest BCUT2D eigenvalue weighted by Gasteiger charge is -2.22. The zero-order chi connectivity index (χ0) is 26.7. The van der Waals surface area contributed by atoms with Crippen LogP contribution in [-0.4, -0.2) is 70.1 Å². The van der Waals surface area contributed by atoms with Gasteiger partial charge in [0.05, 0.1) is 35.4 Å². The number of aliphatic carboxylic acids is 1. The summed E-state index contributed by atoms with van der Waals surface area (Å²) in [5, 5.41) is 18.3. The molecule has 0 spiro atoms. The van der Waals surface area contributed by atoms with Gasteiger partial charge in [-0.15, -0.1) is 0 Å². The van der Waals surface area contributed by atoms with Gasteiger partial charge in [0, 0.05) is 20.3 Å². The number of benzene rings is 1. The van der Waals surface area contributed by atoms with E-state index < -0.39 is 12.1 Å². The molecule has 0 bridgehead atoms. The third-order valence-corrected chi connectivity index (χ3v) is 6.01. The van der Waals surface area contributed by atoms with E-state index in [9.17, 15) is 18.0 Å². The van der Waals surface area contributed by atoms with Gasteiger partial charge in [-0.25, -0.2) is 9.78 Å². The Kier molecular flexibility index (Phi) is 7.29. The molecule has 0 unspecified atom stereocenters. The first-order chi connectivity index (χ1) is 17.6. The average Bonchev–Trinajstić information content (AvgIpc) is 3.33. The van der Waals surface area contributed by atoms with E-state index in [4.69, 9.17) is 14.9 Å². The number of amides is 1. The number of aromatic nitrogens is 4. The molecule has 0 atom stereocenters. The molecule has 196 valence electrons. The van der Waals surface area contributed by atoms with Crippen LogP contribution in [0.15, 0.2) is 42.9 Å². The van der Waals surface area contributed by atoms with E-state index in [1.54, 1.807) is 24.3 Å². The lowest BCUT2D eigenvalue weighted by atomic mass is 10.1.